The second-order valence-electron chi connectivity index (χ2n) is 4.04. The molecule has 4 heteroatoms. The smallest absolute Gasteiger partial charge is 0.308 e. The first-order valence-electron chi connectivity index (χ1n) is 5.78. The standard InChI is InChI=1S/C14H14O4/c1-4-11-13(8(2)15)10-6-5-7-12(14(10)18-11)17-9(3)16/h5-7H,4H2,1-3H3. The van der Waals surface area contributed by atoms with Crippen molar-refractivity contribution in [2.45, 2.75) is 27.2 Å². The van der Waals surface area contributed by atoms with Gasteiger partial charge >= 0.3 is 5.97 Å². The Bertz CT molecular complexity index is 622. The molecule has 0 bridgehead atoms. The molecule has 94 valence electrons. The molecule has 0 saturated heterocycles. The average Bonchev–Trinajstić information content (AvgIpc) is 2.67. The zero-order valence-corrected chi connectivity index (χ0v) is 10.6. The van der Waals surface area contributed by atoms with Crippen molar-refractivity contribution in [2.24, 2.45) is 0 Å². The van der Waals surface area contributed by atoms with Crippen molar-refractivity contribution in [2.75, 3.05) is 0 Å². The SMILES string of the molecule is CCc1oc2c(OC(C)=O)cccc2c1C(C)=O. The predicted molar refractivity (Wildman–Crippen MR) is 66.9 cm³/mol. The van der Waals surface area contributed by atoms with Gasteiger partial charge in [-0.05, 0) is 13.0 Å². The first kappa shape index (κ1) is 12.4. The molecule has 4 nitrogen and oxygen atoms in total. The van der Waals surface area contributed by atoms with Gasteiger partial charge < -0.3 is 9.15 Å². The third kappa shape index (κ3) is 2.01. The Morgan fingerprint density at radius 3 is 2.56 bits per heavy atom. The van der Waals surface area contributed by atoms with Crippen molar-refractivity contribution >= 4 is 22.7 Å². The summed E-state index contributed by atoms with van der Waals surface area (Å²) < 4.78 is 10.7. The average molecular weight is 246 g/mol. The van der Waals surface area contributed by atoms with Gasteiger partial charge in [0.1, 0.15) is 5.76 Å². The lowest BCUT2D eigenvalue weighted by Crippen LogP contribution is -2.01. The predicted octanol–water partition coefficient (Wildman–Crippen LogP) is 3.12. The normalized spacial score (nSPS) is 10.6. The molecule has 0 unspecified atom stereocenters. The van der Waals surface area contributed by atoms with Gasteiger partial charge in [0.15, 0.2) is 17.1 Å². The fourth-order valence-corrected chi connectivity index (χ4v) is 2.01. The largest absolute Gasteiger partial charge is 0.456 e. The maximum atomic E-state index is 11.7. The summed E-state index contributed by atoms with van der Waals surface area (Å²) in [4.78, 5) is 22.7. The number of Topliss-reactive ketones (excluding diaryl/α,β-unsaturated/α-hetero) is 1. The number of carbonyl (C=O) groups excluding carboxylic acids is 2. The van der Waals surface area contributed by atoms with Crippen molar-refractivity contribution in [1.82, 2.24) is 0 Å². The van der Waals surface area contributed by atoms with Crippen LogP contribution in [0.2, 0.25) is 0 Å². The second-order valence-corrected chi connectivity index (χ2v) is 4.04. The van der Waals surface area contributed by atoms with E-state index in [1.165, 1.54) is 13.8 Å². The summed E-state index contributed by atoms with van der Waals surface area (Å²) >= 11 is 0. The summed E-state index contributed by atoms with van der Waals surface area (Å²) in [6.45, 7) is 4.74. The van der Waals surface area contributed by atoms with E-state index in [1.807, 2.05) is 6.92 Å². The van der Waals surface area contributed by atoms with Crippen molar-refractivity contribution in [3.05, 3.63) is 29.5 Å². The van der Waals surface area contributed by atoms with Crippen molar-refractivity contribution < 1.29 is 18.7 Å². The molecular weight excluding hydrogens is 232 g/mol. The van der Waals surface area contributed by atoms with E-state index >= 15 is 0 Å². The molecule has 0 amide bonds. The summed E-state index contributed by atoms with van der Waals surface area (Å²) in [5.41, 5.74) is 1.02. The quantitative estimate of drug-likeness (QED) is 0.474. The van der Waals surface area contributed by atoms with Crippen LogP contribution in [-0.2, 0) is 11.2 Å². The zero-order valence-electron chi connectivity index (χ0n) is 10.6. The maximum absolute atomic E-state index is 11.7. The lowest BCUT2D eigenvalue weighted by molar-refractivity contribution is -0.131. The summed E-state index contributed by atoms with van der Waals surface area (Å²) in [5, 5.41) is 0.693. The molecule has 2 rings (SSSR count). The van der Waals surface area contributed by atoms with E-state index in [2.05, 4.69) is 0 Å². The number of rotatable bonds is 3. The lowest BCUT2D eigenvalue weighted by Gasteiger charge is -2.00. The summed E-state index contributed by atoms with van der Waals surface area (Å²) in [6, 6.07) is 5.18. The summed E-state index contributed by atoms with van der Waals surface area (Å²) in [7, 11) is 0. The van der Waals surface area contributed by atoms with Crippen LogP contribution in [0.1, 0.15) is 36.9 Å². The van der Waals surface area contributed by atoms with E-state index in [0.717, 1.165) is 0 Å². The van der Waals surface area contributed by atoms with E-state index in [9.17, 15) is 9.59 Å². The minimum atomic E-state index is -0.415. The van der Waals surface area contributed by atoms with Crippen LogP contribution in [0.5, 0.6) is 5.75 Å². The molecule has 0 aliphatic heterocycles. The van der Waals surface area contributed by atoms with Gasteiger partial charge in [0.2, 0.25) is 0 Å². The van der Waals surface area contributed by atoms with Crippen LogP contribution in [0.4, 0.5) is 0 Å². The fraction of sp³-hybridized carbons (Fsp3) is 0.286. The Kier molecular flexibility index (Phi) is 3.19. The number of hydrogen-bond donors (Lipinski definition) is 0. The molecule has 0 fully saturated rings. The summed E-state index contributed by atoms with van der Waals surface area (Å²) in [5.74, 6) is 0.506. The third-order valence-corrected chi connectivity index (χ3v) is 2.68. The van der Waals surface area contributed by atoms with Gasteiger partial charge in [-0.25, -0.2) is 0 Å². The molecular formula is C14H14O4. The Hall–Kier alpha value is -2.10. The molecule has 0 aliphatic rings. The number of ether oxygens (including phenoxy) is 1. The van der Waals surface area contributed by atoms with Gasteiger partial charge in [-0.1, -0.05) is 19.1 Å². The monoisotopic (exact) mass is 246 g/mol. The number of hydrogen-bond acceptors (Lipinski definition) is 4. The second kappa shape index (κ2) is 4.64. The molecule has 0 aliphatic carbocycles. The van der Waals surface area contributed by atoms with Crippen molar-refractivity contribution in [3.63, 3.8) is 0 Å². The van der Waals surface area contributed by atoms with Crippen molar-refractivity contribution in [1.29, 1.82) is 0 Å². The molecule has 0 N–H and O–H groups in total. The Labute approximate surface area is 105 Å². The number of para-hydroxylation sites is 1. The van der Waals surface area contributed by atoms with Crippen LogP contribution in [0.15, 0.2) is 22.6 Å². The molecule has 1 aromatic carbocycles. The molecule has 0 spiro atoms. The Morgan fingerprint density at radius 1 is 1.28 bits per heavy atom. The first-order valence-corrected chi connectivity index (χ1v) is 5.78. The van der Waals surface area contributed by atoms with Crippen LogP contribution < -0.4 is 4.74 Å². The number of carbonyl (C=O) groups is 2. The highest BCUT2D eigenvalue weighted by Gasteiger charge is 2.19. The highest BCUT2D eigenvalue weighted by Crippen LogP contribution is 2.33. The van der Waals surface area contributed by atoms with Gasteiger partial charge in [0.25, 0.3) is 0 Å². The van der Waals surface area contributed by atoms with Gasteiger partial charge in [0, 0.05) is 18.7 Å². The van der Waals surface area contributed by atoms with E-state index in [0.29, 0.717) is 34.5 Å². The van der Waals surface area contributed by atoms with Gasteiger partial charge in [-0.15, -0.1) is 0 Å². The van der Waals surface area contributed by atoms with Crippen LogP contribution in [0, 0.1) is 0 Å². The molecule has 1 heterocycles. The van der Waals surface area contributed by atoms with Crippen LogP contribution >= 0.6 is 0 Å². The molecule has 0 radical (unpaired) electrons. The number of fused-ring (bicyclic) bond motifs is 1. The third-order valence-electron chi connectivity index (χ3n) is 2.68. The molecule has 0 saturated carbocycles. The zero-order chi connectivity index (χ0) is 13.3. The van der Waals surface area contributed by atoms with E-state index in [-0.39, 0.29) is 5.78 Å². The number of ketones is 1. The van der Waals surface area contributed by atoms with Gasteiger partial charge in [-0.3, -0.25) is 9.59 Å². The highest BCUT2D eigenvalue weighted by molar-refractivity contribution is 6.08. The van der Waals surface area contributed by atoms with Crippen LogP contribution in [0.25, 0.3) is 11.0 Å². The van der Waals surface area contributed by atoms with E-state index in [4.69, 9.17) is 9.15 Å². The maximum Gasteiger partial charge on any atom is 0.308 e. The lowest BCUT2D eigenvalue weighted by atomic mass is 10.1. The van der Waals surface area contributed by atoms with Gasteiger partial charge in [-0.2, -0.15) is 0 Å². The Morgan fingerprint density at radius 2 is 2.00 bits per heavy atom. The number of aryl methyl sites for hydroxylation is 1. The highest BCUT2D eigenvalue weighted by atomic mass is 16.5. The molecule has 0 atom stereocenters. The van der Waals surface area contributed by atoms with E-state index < -0.39 is 5.97 Å². The fourth-order valence-electron chi connectivity index (χ4n) is 2.01. The number of furan rings is 1. The van der Waals surface area contributed by atoms with E-state index in [1.54, 1.807) is 18.2 Å². The van der Waals surface area contributed by atoms with Crippen LogP contribution in [0.3, 0.4) is 0 Å². The number of benzene rings is 1. The minimum absolute atomic E-state index is 0.0504. The molecule has 18 heavy (non-hydrogen) atoms. The molecule has 1 aromatic heterocycles. The topological polar surface area (TPSA) is 56.5 Å². The summed E-state index contributed by atoms with van der Waals surface area (Å²) in [6.07, 6.45) is 0.614. The Balaban J connectivity index is 2.71. The minimum Gasteiger partial charge on any atom is -0.456 e. The molecule has 2 aromatic rings. The van der Waals surface area contributed by atoms with Crippen molar-refractivity contribution in [3.8, 4) is 5.75 Å². The van der Waals surface area contributed by atoms with Crippen LogP contribution in [-0.4, -0.2) is 11.8 Å². The number of esters is 1. The first-order chi connectivity index (χ1) is 8.54. The van der Waals surface area contributed by atoms with Gasteiger partial charge in [0.05, 0.1) is 5.56 Å².